The highest BCUT2D eigenvalue weighted by Crippen LogP contribution is 2.29. The Morgan fingerprint density at radius 3 is 2.67 bits per heavy atom. The molecule has 0 aliphatic rings. The Morgan fingerprint density at radius 2 is 2.05 bits per heavy atom. The van der Waals surface area contributed by atoms with Crippen molar-refractivity contribution in [2.24, 2.45) is 0 Å². The van der Waals surface area contributed by atoms with E-state index < -0.39 is 5.97 Å². The fraction of sp³-hybridized carbons (Fsp3) is 0.143. The summed E-state index contributed by atoms with van der Waals surface area (Å²) < 4.78 is 5.12. The number of carboxylic acid groups (broad SMARTS) is 1. The molecule has 0 fully saturated rings. The third-order valence-corrected chi connectivity index (χ3v) is 3.84. The number of hydrogen-bond donors (Lipinski definition) is 2. The molecule has 1 heterocycles. The second-order valence-corrected chi connectivity index (χ2v) is 5.18. The molecule has 0 saturated heterocycles. The molecule has 0 radical (unpaired) electrons. The lowest BCUT2D eigenvalue weighted by atomic mass is 10.1. The first kappa shape index (κ1) is 14.9. The van der Waals surface area contributed by atoms with Crippen LogP contribution in [-0.2, 0) is 0 Å². The fourth-order valence-corrected chi connectivity index (χ4v) is 2.73. The van der Waals surface area contributed by atoms with E-state index in [9.17, 15) is 14.7 Å². The number of carboxylic acids is 1. The number of thiophene rings is 1. The first-order chi connectivity index (χ1) is 9.95. The summed E-state index contributed by atoms with van der Waals surface area (Å²) in [6, 6.07) is 6.08. The zero-order chi connectivity index (χ0) is 15.6. The van der Waals surface area contributed by atoms with Crippen molar-refractivity contribution < 1.29 is 19.4 Å². The van der Waals surface area contributed by atoms with Crippen molar-refractivity contribution in [3.63, 3.8) is 0 Å². The largest absolute Gasteiger partial charge is 0.495 e. The lowest BCUT2D eigenvalue weighted by molar-refractivity contribution is 0.0698. The van der Waals surface area contributed by atoms with Crippen LogP contribution >= 0.6 is 11.3 Å². The Balaban J connectivity index is 2.43. The normalized spacial score (nSPS) is 10.2. The molecule has 0 saturated carbocycles. The third kappa shape index (κ3) is 2.82. The summed E-state index contributed by atoms with van der Waals surface area (Å²) in [4.78, 5) is 25.5. The predicted octanol–water partition coefficient (Wildman–Crippen LogP) is 2.31. The summed E-state index contributed by atoms with van der Waals surface area (Å²) >= 11 is 1.23. The molecule has 0 unspecified atom stereocenters. The molecular formula is C14H14N2O4S. The van der Waals surface area contributed by atoms with Crippen LogP contribution in [0.5, 0.6) is 5.75 Å². The van der Waals surface area contributed by atoms with Crippen LogP contribution in [0.15, 0.2) is 29.6 Å². The number of methoxy groups -OCH3 is 1. The lowest BCUT2D eigenvalue weighted by Gasteiger charge is -2.19. The van der Waals surface area contributed by atoms with Gasteiger partial charge in [-0.05, 0) is 29.6 Å². The molecule has 3 N–H and O–H groups in total. The van der Waals surface area contributed by atoms with Crippen molar-refractivity contribution >= 4 is 34.6 Å². The molecule has 1 aromatic heterocycles. The number of carbonyl (C=O) groups is 2. The second kappa shape index (κ2) is 5.84. The first-order valence-corrected chi connectivity index (χ1v) is 6.86. The van der Waals surface area contributed by atoms with Gasteiger partial charge in [-0.25, -0.2) is 4.79 Å². The van der Waals surface area contributed by atoms with E-state index >= 15 is 0 Å². The number of aromatic carboxylic acids is 1. The van der Waals surface area contributed by atoms with E-state index in [4.69, 9.17) is 10.5 Å². The smallest absolute Gasteiger partial charge is 0.337 e. The second-order valence-electron chi connectivity index (χ2n) is 4.26. The maximum absolute atomic E-state index is 12.5. The zero-order valence-electron chi connectivity index (χ0n) is 11.5. The summed E-state index contributed by atoms with van der Waals surface area (Å²) in [6.07, 6.45) is 0. The monoisotopic (exact) mass is 306 g/mol. The number of nitrogen functional groups attached to an aromatic ring is 1. The van der Waals surface area contributed by atoms with Gasteiger partial charge in [0.1, 0.15) is 10.6 Å². The van der Waals surface area contributed by atoms with E-state index in [1.54, 1.807) is 17.5 Å². The van der Waals surface area contributed by atoms with Crippen LogP contribution in [0.3, 0.4) is 0 Å². The standard InChI is InChI=1S/C14H14N2O4S/c1-16(13(17)12-11(20-2)5-6-21-12)10-4-3-8(15)7-9(10)14(18)19/h3-7H,15H2,1-2H3,(H,18,19). The molecule has 6 nitrogen and oxygen atoms in total. The number of carbonyl (C=O) groups excluding carboxylic acids is 1. The van der Waals surface area contributed by atoms with E-state index in [-0.39, 0.29) is 17.2 Å². The maximum atomic E-state index is 12.5. The number of hydrogen-bond acceptors (Lipinski definition) is 5. The maximum Gasteiger partial charge on any atom is 0.337 e. The van der Waals surface area contributed by atoms with E-state index in [0.29, 0.717) is 16.3 Å². The minimum atomic E-state index is -1.14. The van der Waals surface area contributed by atoms with Crippen molar-refractivity contribution in [1.29, 1.82) is 0 Å². The van der Waals surface area contributed by atoms with Gasteiger partial charge in [-0.2, -0.15) is 0 Å². The number of amides is 1. The molecular weight excluding hydrogens is 292 g/mol. The van der Waals surface area contributed by atoms with Gasteiger partial charge in [0, 0.05) is 12.7 Å². The van der Waals surface area contributed by atoms with Gasteiger partial charge in [0.2, 0.25) is 0 Å². The third-order valence-electron chi connectivity index (χ3n) is 2.96. The van der Waals surface area contributed by atoms with E-state index in [1.807, 2.05) is 0 Å². The van der Waals surface area contributed by atoms with Crippen LogP contribution in [0.2, 0.25) is 0 Å². The Bertz CT molecular complexity index is 696. The van der Waals surface area contributed by atoms with Gasteiger partial charge in [0.05, 0.1) is 18.4 Å². The fourth-order valence-electron chi connectivity index (χ4n) is 1.89. The van der Waals surface area contributed by atoms with E-state index in [2.05, 4.69) is 0 Å². The molecule has 2 rings (SSSR count). The summed E-state index contributed by atoms with van der Waals surface area (Å²) in [6.45, 7) is 0. The van der Waals surface area contributed by atoms with Crippen LogP contribution < -0.4 is 15.4 Å². The number of rotatable bonds is 4. The molecule has 21 heavy (non-hydrogen) atoms. The average Bonchev–Trinajstić information content (AvgIpc) is 2.94. The highest BCUT2D eigenvalue weighted by molar-refractivity contribution is 7.12. The van der Waals surface area contributed by atoms with Crippen molar-refractivity contribution in [2.45, 2.75) is 0 Å². The molecule has 0 bridgehead atoms. The van der Waals surface area contributed by atoms with Crippen LogP contribution in [0.4, 0.5) is 11.4 Å². The molecule has 0 aliphatic carbocycles. The Kier molecular flexibility index (Phi) is 4.13. The minimum absolute atomic E-state index is 0.0265. The Labute approximate surface area is 125 Å². The van der Waals surface area contributed by atoms with Gasteiger partial charge in [0.15, 0.2) is 0 Å². The summed E-state index contributed by atoms with van der Waals surface area (Å²) in [7, 11) is 2.99. The van der Waals surface area contributed by atoms with Gasteiger partial charge in [0.25, 0.3) is 5.91 Å². The summed E-state index contributed by atoms with van der Waals surface area (Å²) in [5.41, 5.74) is 6.17. The molecule has 0 aliphatic heterocycles. The molecule has 2 aromatic rings. The van der Waals surface area contributed by atoms with Crippen molar-refractivity contribution in [2.75, 3.05) is 24.8 Å². The van der Waals surface area contributed by atoms with Crippen molar-refractivity contribution in [3.05, 3.63) is 40.1 Å². The number of nitrogens with two attached hydrogens (primary N) is 1. The first-order valence-electron chi connectivity index (χ1n) is 5.98. The van der Waals surface area contributed by atoms with Gasteiger partial charge < -0.3 is 20.5 Å². The predicted molar refractivity (Wildman–Crippen MR) is 81.4 cm³/mol. The number of anilines is 2. The van der Waals surface area contributed by atoms with Crippen LogP contribution in [0.25, 0.3) is 0 Å². The Hall–Kier alpha value is -2.54. The van der Waals surface area contributed by atoms with Crippen LogP contribution in [0.1, 0.15) is 20.0 Å². The number of nitrogens with zero attached hydrogens (tertiary/aromatic N) is 1. The SMILES string of the molecule is COc1ccsc1C(=O)N(C)c1ccc(N)cc1C(=O)O. The van der Waals surface area contributed by atoms with Crippen LogP contribution in [0, 0.1) is 0 Å². The molecule has 1 aromatic carbocycles. The highest BCUT2D eigenvalue weighted by Gasteiger charge is 2.23. The molecule has 0 spiro atoms. The Morgan fingerprint density at radius 1 is 1.33 bits per heavy atom. The van der Waals surface area contributed by atoms with Gasteiger partial charge in [-0.1, -0.05) is 0 Å². The molecule has 1 amide bonds. The quantitative estimate of drug-likeness (QED) is 0.846. The van der Waals surface area contributed by atoms with Gasteiger partial charge >= 0.3 is 5.97 Å². The number of ether oxygens (including phenoxy) is 1. The summed E-state index contributed by atoms with van der Waals surface area (Å²) in [5, 5.41) is 11.0. The van der Waals surface area contributed by atoms with Crippen LogP contribution in [-0.4, -0.2) is 31.1 Å². The van der Waals surface area contributed by atoms with E-state index in [0.717, 1.165) is 0 Å². The topological polar surface area (TPSA) is 92.9 Å². The highest BCUT2D eigenvalue weighted by atomic mass is 32.1. The average molecular weight is 306 g/mol. The summed E-state index contributed by atoms with van der Waals surface area (Å²) in [5.74, 6) is -1.02. The van der Waals surface area contributed by atoms with E-state index in [1.165, 1.54) is 42.5 Å². The lowest BCUT2D eigenvalue weighted by Crippen LogP contribution is -2.27. The minimum Gasteiger partial charge on any atom is -0.495 e. The van der Waals surface area contributed by atoms with Gasteiger partial charge in [-0.15, -0.1) is 11.3 Å². The van der Waals surface area contributed by atoms with Gasteiger partial charge in [-0.3, -0.25) is 4.79 Å². The molecule has 110 valence electrons. The number of benzene rings is 1. The molecule has 7 heteroatoms. The molecule has 0 atom stereocenters. The van der Waals surface area contributed by atoms with Crippen molar-refractivity contribution in [3.8, 4) is 5.75 Å². The van der Waals surface area contributed by atoms with Crippen molar-refractivity contribution in [1.82, 2.24) is 0 Å². The zero-order valence-corrected chi connectivity index (χ0v) is 12.3.